The van der Waals surface area contributed by atoms with Gasteiger partial charge in [0.05, 0.1) is 18.0 Å². The second-order valence-corrected chi connectivity index (χ2v) is 5.38. The van der Waals surface area contributed by atoms with E-state index >= 15 is 0 Å². The molecule has 0 saturated heterocycles. The van der Waals surface area contributed by atoms with E-state index in [4.69, 9.17) is 4.74 Å². The Morgan fingerprint density at radius 1 is 1.31 bits per heavy atom. The molecule has 1 aliphatic rings. The van der Waals surface area contributed by atoms with Crippen molar-refractivity contribution in [3.8, 4) is 5.75 Å². The summed E-state index contributed by atoms with van der Waals surface area (Å²) in [6, 6.07) is 0. The smallest absolute Gasteiger partial charge is 0.149 e. The summed E-state index contributed by atoms with van der Waals surface area (Å²) < 4.78 is 6.00. The molecule has 0 amide bonds. The van der Waals surface area contributed by atoms with Gasteiger partial charge in [-0.25, -0.2) is 0 Å². The lowest BCUT2D eigenvalue weighted by Gasteiger charge is -2.24. The Hall–Kier alpha value is -1.25. The fraction of sp³-hybridized carbons (Fsp3) is 0.615. The van der Waals surface area contributed by atoms with Crippen LogP contribution in [0.1, 0.15) is 39.2 Å². The van der Waals surface area contributed by atoms with E-state index in [2.05, 4.69) is 31.1 Å². The van der Waals surface area contributed by atoms with Crippen molar-refractivity contribution < 1.29 is 4.74 Å². The quantitative estimate of drug-likeness (QED) is 0.850. The molecule has 1 aliphatic carbocycles. The number of hydrogen-bond acceptors (Lipinski definition) is 3. The average molecular weight is 220 g/mol. The lowest BCUT2D eigenvalue weighted by Crippen LogP contribution is -2.15. The number of nitrogens with one attached hydrogen (secondary N) is 1. The average Bonchev–Trinajstić information content (AvgIpc) is 3.00. The first-order valence-corrected chi connectivity index (χ1v) is 5.85. The number of rotatable bonds is 3. The molecule has 1 saturated carbocycles. The van der Waals surface area contributed by atoms with Gasteiger partial charge in [0.2, 0.25) is 0 Å². The number of pyridine rings is 1. The fourth-order valence-corrected chi connectivity index (χ4v) is 1.64. The molecule has 1 aromatic heterocycles. The second kappa shape index (κ2) is 3.96. The van der Waals surface area contributed by atoms with E-state index in [-0.39, 0.29) is 5.41 Å². The van der Waals surface area contributed by atoms with Crippen LogP contribution in [0.3, 0.4) is 0 Å². The van der Waals surface area contributed by atoms with Gasteiger partial charge in [-0.05, 0) is 18.3 Å². The van der Waals surface area contributed by atoms with Crippen LogP contribution in [0.4, 0.5) is 5.69 Å². The molecule has 88 valence electrons. The maximum atomic E-state index is 6.00. The summed E-state index contributed by atoms with van der Waals surface area (Å²) in [6.45, 7) is 6.55. The van der Waals surface area contributed by atoms with Crippen LogP contribution < -0.4 is 10.1 Å². The molecule has 3 heteroatoms. The standard InChI is InChI=1S/C13H20N2O/c1-13(2,3)10-7-15-8-11(14-4)12(10)16-9-5-6-9/h7-9,14H,5-6H2,1-4H3. The molecule has 1 fully saturated rings. The number of anilines is 1. The predicted octanol–water partition coefficient (Wildman–Crippen LogP) is 2.96. The first kappa shape index (κ1) is 11.2. The SMILES string of the molecule is CNc1cncc(C(C)(C)C)c1OC1CC1. The van der Waals surface area contributed by atoms with Crippen LogP contribution in [-0.2, 0) is 5.41 Å². The summed E-state index contributed by atoms with van der Waals surface area (Å²) in [6.07, 6.45) is 6.51. The van der Waals surface area contributed by atoms with Gasteiger partial charge in [-0.1, -0.05) is 20.8 Å². The maximum absolute atomic E-state index is 6.00. The monoisotopic (exact) mass is 220 g/mol. The summed E-state index contributed by atoms with van der Waals surface area (Å²) >= 11 is 0. The van der Waals surface area contributed by atoms with Gasteiger partial charge in [0, 0.05) is 18.8 Å². The zero-order chi connectivity index (χ0) is 11.8. The van der Waals surface area contributed by atoms with Crippen LogP contribution in [0.15, 0.2) is 12.4 Å². The summed E-state index contributed by atoms with van der Waals surface area (Å²) in [4.78, 5) is 4.27. The molecule has 3 nitrogen and oxygen atoms in total. The van der Waals surface area contributed by atoms with Crippen molar-refractivity contribution in [3.63, 3.8) is 0 Å². The Bertz CT molecular complexity index is 378. The molecule has 0 radical (unpaired) electrons. The lowest BCUT2D eigenvalue weighted by molar-refractivity contribution is 0.296. The molecule has 2 rings (SSSR count). The van der Waals surface area contributed by atoms with Crippen molar-refractivity contribution in [2.24, 2.45) is 0 Å². The third-order valence-corrected chi connectivity index (χ3v) is 2.78. The molecule has 1 aromatic rings. The fourth-order valence-electron chi connectivity index (χ4n) is 1.64. The first-order chi connectivity index (χ1) is 7.52. The Morgan fingerprint density at radius 3 is 2.50 bits per heavy atom. The molecule has 1 heterocycles. The molecular formula is C13H20N2O. The normalized spacial score (nSPS) is 16.0. The molecule has 16 heavy (non-hydrogen) atoms. The largest absolute Gasteiger partial charge is 0.488 e. The van der Waals surface area contributed by atoms with Crippen molar-refractivity contribution in [1.82, 2.24) is 4.98 Å². The topological polar surface area (TPSA) is 34.2 Å². The van der Waals surface area contributed by atoms with Crippen molar-refractivity contribution in [3.05, 3.63) is 18.0 Å². The molecule has 0 spiro atoms. The van der Waals surface area contributed by atoms with E-state index in [0.29, 0.717) is 6.10 Å². The van der Waals surface area contributed by atoms with E-state index in [1.165, 1.54) is 18.4 Å². The zero-order valence-electron chi connectivity index (χ0n) is 10.5. The number of ether oxygens (including phenoxy) is 1. The molecule has 0 unspecified atom stereocenters. The highest BCUT2D eigenvalue weighted by Crippen LogP contribution is 2.39. The number of nitrogens with zero attached hydrogens (tertiary/aromatic N) is 1. The zero-order valence-corrected chi connectivity index (χ0v) is 10.5. The van der Waals surface area contributed by atoms with Gasteiger partial charge in [-0.3, -0.25) is 4.98 Å². The molecule has 1 N–H and O–H groups in total. The highest BCUT2D eigenvalue weighted by molar-refractivity contribution is 5.59. The number of hydrogen-bond donors (Lipinski definition) is 1. The van der Waals surface area contributed by atoms with Crippen molar-refractivity contribution in [2.75, 3.05) is 12.4 Å². The van der Waals surface area contributed by atoms with E-state index in [1.807, 2.05) is 19.4 Å². The Labute approximate surface area is 97.2 Å². The minimum absolute atomic E-state index is 0.0596. The predicted molar refractivity (Wildman–Crippen MR) is 66.1 cm³/mol. The minimum atomic E-state index is 0.0596. The van der Waals surface area contributed by atoms with Crippen LogP contribution in [0.25, 0.3) is 0 Å². The lowest BCUT2D eigenvalue weighted by atomic mass is 9.87. The van der Waals surface area contributed by atoms with E-state index in [9.17, 15) is 0 Å². The molecular weight excluding hydrogens is 200 g/mol. The van der Waals surface area contributed by atoms with Crippen LogP contribution >= 0.6 is 0 Å². The van der Waals surface area contributed by atoms with Gasteiger partial charge < -0.3 is 10.1 Å². The summed E-state index contributed by atoms with van der Waals surface area (Å²) in [7, 11) is 1.91. The van der Waals surface area contributed by atoms with Crippen molar-refractivity contribution >= 4 is 5.69 Å². The molecule has 0 bridgehead atoms. The van der Waals surface area contributed by atoms with Crippen LogP contribution in [-0.4, -0.2) is 18.1 Å². The number of aromatic nitrogens is 1. The minimum Gasteiger partial charge on any atom is -0.488 e. The van der Waals surface area contributed by atoms with Crippen LogP contribution in [0.2, 0.25) is 0 Å². The highest BCUT2D eigenvalue weighted by Gasteiger charge is 2.28. The van der Waals surface area contributed by atoms with Gasteiger partial charge in [-0.2, -0.15) is 0 Å². The Kier molecular flexibility index (Phi) is 2.78. The summed E-state index contributed by atoms with van der Waals surface area (Å²) in [5.74, 6) is 0.979. The Balaban J connectivity index is 2.41. The third kappa shape index (κ3) is 2.29. The van der Waals surface area contributed by atoms with Crippen molar-refractivity contribution in [1.29, 1.82) is 0 Å². The maximum Gasteiger partial charge on any atom is 0.149 e. The van der Waals surface area contributed by atoms with Gasteiger partial charge in [0.1, 0.15) is 5.75 Å². The molecule has 0 atom stereocenters. The van der Waals surface area contributed by atoms with E-state index < -0.39 is 0 Å². The van der Waals surface area contributed by atoms with Gasteiger partial charge in [-0.15, -0.1) is 0 Å². The van der Waals surface area contributed by atoms with Gasteiger partial charge in [0.15, 0.2) is 0 Å². The Morgan fingerprint density at radius 2 is 2.00 bits per heavy atom. The third-order valence-electron chi connectivity index (χ3n) is 2.78. The van der Waals surface area contributed by atoms with Crippen molar-refractivity contribution in [2.45, 2.75) is 45.1 Å². The van der Waals surface area contributed by atoms with E-state index in [0.717, 1.165) is 11.4 Å². The summed E-state index contributed by atoms with van der Waals surface area (Å²) in [5.41, 5.74) is 2.22. The van der Waals surface area contributed by atoms with E-state index in [1.54, 1.807) is 0 Å². The van der Waals surface area contributed by atoms with Gasteiger partial charge in [0.25, 0.3) is 0 Å². The molecule has 0 aliphatic heterocycles. The first-order valence-electron chi connectivity index (χ1n) is 5.85. The van der Waals surface area contributed by atoms with Gasteiger partial charge >= 0.3 is 0 Å². The molecule has 0 aromatic carbocycles. The van der Waals surface area contributed by atoms with Crippen LogP contribution in [0, 0.1) is 0 Å². The van der Waals surface area contributed by atoms with Crippen LogP contribution in [0.5, 0.6) is 5.75 Å². The highest BCUT2D eigenvalue weighted by atomic mass is 16.5. The second-order valence-electron chi connectivity index (χ2n) is 5.38. The summed E-state index contributed by atoms with van der Waals surface area (Å²) in [5, 5.41) is 3.15.